The van der Waals surface area contributed by atoms with Crippen LogP contribution in [-0.4, -0.2) is 54.6 Å². The highest BCUT2D eigenvalue weighted by atomic mass is 19.1. The number of piperidine rings is 3. The van der Waals surface area contributed by atoms with Crippen molar-refractivity contribution in [3.63, 3.8) is 0 Å². The van der Waals surface area contributed by atoms with E-state index < -0.39 is 0 Å². The Morgan fingerprint density at radius 3 is 2.52 bits per heavy atom. The molecule has 0 aromatic heterocycles. The van der Waals surface area contributed by atoms with Crippen LogP contribution in [0.25, 0.3) is 0 Å². The van der Waals surface area contributed by atoms with Crippen LogP contribution in [-0.2, 0) is 16.0 Å². The van der Waals surface area contributed by atoms with E-state index in [9.17, 15) is 9.18 Å². The van der Waals surface area contributed by atoms with Crippen LogP contribution in [0, 0.1) is 11.7 Å². The number of nitrogens with zero attached hydrogens (tertiary/aromatic N) is 2. The fourth-order valence-corrected chi connectivity index (χ4v) is 5.20. The molecule has 2 aromatic carbocycles. The molecule has 4 heterocycles. The summed E-state index contributed by atoms with van der Waals surface area (Å²) in [6, 6.07) is 14.6. The minimum absolute atomic E-state index is 0.0188. The highest BCUT2D eigenvalue weighted by Gasteiger charge is 2.36. The highest BCUT2D eigenvalue weighted by Crippen LogP contribution is 2.35. The number of carbonyl (C=O) groups is 1. The van der Waals surface area contributed by atoms with E-state index in [1.54, 1.807) is 12.1 Å². The first-order valence-electron chi connectivity index (χ1n) is 10.7. The molecule has 0 aliphatic carbocycles. The zero-order valence-electron chi connectivity index (χ0n) is 16.6. The molecule has 1 amide bonds. The second kappa shape index (κ2) is 7.88. The number of ether oxygens (including phenoxy) is 1. The van der Waals surface area contributed by atoms with Crippen LogP contribution in [0.15, 0.2) is 48.5 Å². The normalized spacial score (nSPS) is 28.2. The monoisotopic (exact) mass is 394 g/mol. The van der Waals surface area contributed by atoms with Crippen LogP contribution in [0.5, 0.6) is 0 Å². The van der Waals surface area contributed by atoms with Crippen LogP contribution in [0.2, 0.25) is 0 Å². The number of carbonyl (C=O) groups excluding carboxylic acids is 1. The summed E-state index contributed by atoms with van der Waals surface area (Å²) in [5, 5.41) is 0. The van der Waals surface area contributed by atoms with Gasteiger partial charge in [-0.1, -0.05) is 36.4 Å². The Kier molecular flexibility index (Phi) is 5.10. The maximum Gasteiger partial charge on any atom is 0.249 e. The van der Waals surface area contributed by atoms with E-state index in [-0.39, 0.29) is 30.5 Å². The van der Waals surface area contributed by atoms with E-state index in [4.69, 9.17) is 4.74 Å². The first-order chi connectivity index (χ1) is 14.2. The molecule has 152 valence electrons. The topological polar surface area (TPSA) is 32.8 Å². The molecule has 2 aromatic rings. The fraction of sp³-hybridized carbons (Fsp3) is 0.458. The van der Waals surface area contributed by atoms with Crippen LogP contribution >= 0.6 is 0 Å². The molecule has 3 fully saturated rings. The quantitative estimate of drug-likeness (QED) is 0.797. The van der Waals surface area contributed by atoms with Gasteiger partial charge in [-0.25, -0.2) is 4.39 Å². The summed E-state index contributed by atoms with van der Waals surface area (Å²) in [4.78, 5) is 17.6. The lowest BCUT2D eigenvalue weighted by Gasteiger charge is -2.44. The number of halogens is 1. The predicted molar refractivity (Wildman–Crippen MR) is 109 cm³/mol. The maximum absolute atomic E-state index is 13.5. The lowest BCUT2D eigenvalue weighted by molar-refractivity contribution is -0.145. The van der Waals surface area contributed by atoms with Gasteiger partial charge in [-0.15, -0.1) is 0 Å². The number of fused-ring (bicyclic) bond motifs is 4. The van der Waals surface area contributed by atoms with Gasteiger partial charge in [-0.3, -0.25) is 4.79 Å². The molecule has 4 aliphatic rings. The molecule has 0 radical (unpaired) electrons. The van der Waals surface area contributed by atoms with Gasteiger partial charge in [0.1, 0.15) is 12.4 Å². The first kappa shape index (κ1) is 18.8. The zero-order valence-corrected chi connectivity index (χ0v) is 16.6. The Hall–Kier alpha value is -2.24. The smallest absolute Gasteiger partial charge is 0.249 e. The number of rotatable bonds is 4. The molecule has 3 saturated heterocycles. The lowest BCUT2D eigenvalue weighted by Crippen LogP contribution is -2.52. The van der Waals surface area contributed by atoms with Crippen molar-refractivity contribution in [1.29, 1.82) is 0 Å². The van der Waals surface area contributed by atoms with Crippen molar-refractivity contribution in [2.24, 2.45) is 5.92 Å². The molecule has 2 atom stereocenters. The van der Waals surface area contributed by atoms with Crippen molar-refractivity contribution in [2.45, 2.75) is 31.4 Å². The molecule has 0 spiro atoms. The van der Waals surface area contributed by atoms with Crippen LogP contribution in [0.1, 0.15) is 35.6 Å². The Bertz CT molecular complexity index is 877. The molecule has 29 heavy (non-hydrogen) atoms. The molecule has 4 aliphatic heterocycles. The minimum atomic E-state index is -0.263. The van der Waals surface area contributed by atoms with E-state index in [1.807, 2.05) is 17.0 Å². The SMILES string of the molecule is O=C(CO[C@@H]1CN2CCC1CC2)N1CCc2ccccc2[C@@H]1c1ccc(F)cc1. The molecule has 0 N–H and O–H groups in total. The number of amides is 1. The lowest BCUT2D eigenvalue weighted by atomic mass is 9.86. The summed E-state index contributed by atoms with van der Waals surface area (Å²) in [6.45, 7) is 4.04. The molecule has 4 nitrogen and oxygen atoms in total. The summed E-state index contributed by atoms with van der Waals surface area (Å²) < 4.78 is 19.6. The minimum Gasteiger partial charge on any atom is -0.367 e. The van der Waals surface area contributed by atoms with Crippen LogP contribution < -0.4 is 0 Å². The van der Waals surface area contributed by atoms with Crippen molar-refractivity contribution >= 4 is 5.91 Å². The second-order valence-corrected chi connectivity index (χ2v) is 8.48. The maximum atomic E-state index is 13.5. The number of hydrogen-bond donors (Lipinski definition) is 0. The molecule has 0 saturated carbocycles. The molecule has 6 rings (SSSR count). The molecule has 0 unspecified atom stereocenters. The van der Waals surface area contributed by atoms with E-state index in [0.29, 0.717) is 12.5 Å². The Morgan fingerprint density at radius 1 is 1.03 bits per heavy atom. The third-order valence-electron chi connectivity index (χ3n) is 6.81. The van der Waals surface area contributed by atoms with Gasteiger partial charge < -0.3 is 14.5 Å². The van der Waals surface area contributed by atoms with Crippen molar-refractivity contribution in [2.75, 3.05) is 32.8 Å². The van der Waals surface area contributed by atoms with Crippen LogP contribution in [0.4, 0.5) is 4.39 Å². The van der Waals surface area contributed by atoms with Gasteiger partial charge in [-0.05, 0) is 67.1 Å². The van der Waals surface area contributed by atoms with E-state index >= 15 is 0 Å². The first-order valence-corrected chi connectivity index (χ1v) is 10.7. The highest BCUT2D eigenvalue weighted by molar-refractivity contribution is 5.79. The van der Waals surface area contributed by atoms with Gasteiger partial charge in [0.25, 0.3) is 0 Å². The average molecular weight is 394 g/mol. The largest absolute Gasteiger partial charge is 0.367 e. The zero-order chi connectivity index (χ0) is 19.8. The van der Waals surface area contributed by atoms with Gasteiger partial charge in [0.2, 0.25) is 5.91 Å². The fourth-order valence-electron chi connectivity index (χ4n) is 5.20. The summed E-state index contributed by atoms with van der Waals surface area (Å²) >= 11 is 0. The summed E-state index contributed by atoms with van der Waals surface area (Å²) in [6.07, 6.45) is 3.35. The van der Waals surface area contributed by atoms with E-state index in [0.717, 1.165) is 37.2 Å². The molecule has 2 bridgehead atoms. The standard InChI is InChI=1S/C24H27FN2O2/c25-20-7-5-19(6-8-20)24-21-4-2-1-3-17(21)11-14-27(24)23(28)16-29-22-15-26-12-9-18(22)10-13-26/h1-8,18,22,24H,9-16H2/t22-,24+/m1/s1. The Labute approximate surface area is 171 Å². The average Bonchev–Trinajstić information content (AvgIpc) is 2.78. The van der Waals surface area contributed by atoms with Crippen molar-refractivity contribution < 1.29 is 13.9 Å². The molecular weight excluding hydrogens is 367 g/mol. The van der Waals surface area contributed by atoms with Gasteiger partial charge in [0.05, 0.1) is 12.1 Å². The number of benzene rings is 2. The number of hydrogen-bond acceptors (Lipinski definition) is 3. The van der Waals surface area contributed by atoms with Crippen LogP contribution in [0.3, 0.4) is 0 Å². The van der Waals surface area contributed by atoms with Gasteiger partial charge in [0, 0.05) is 13.1 Å². The molecule has 5 heteroatoms. The summed E-state index contributed by atoms with van der Waals surface area (Å²) in [5.41, 5.74) is 3.32. The van der Waals surface area contributed by atoms with E-state index in [1.165, 1.54) is 30.5 Å². The Morgan fingerprint density at radius 2 is 1.79 bits per heavy atom. The third kappa shape index (κ3) is 3.69. The van der Waals surface area contributed by atoms with Crippen molar-refractivity contribution in [1.82, 2.24) is 9.80 Å². The van der Waals surface area contributed by atoms with Crippen molar-refractivity contribution in [3.05, 3.63) is 71.0 Å². The molecular formula is C24H27FN2O2. The van der Waals surface area contributed by atoms with Gasteiger partial charge in [-0.2, -0.15) is 0 Å². The Balaban J connectivity index is 1.36. The summed E-state index contributed by atoms with van der Waals surface area (Å²) in [7, 11) is 0. The second-order valence-electron chi connectivity index (χ2n) is 8.48. The summed E-state index contributed by atoms with van der Waals surface area (Å²) in [5.74, 6) is 0.342. The van der Waals surface area contributed by atoms with Gasteiger partial charge >= 0.3 is 0 Å². The van der Waals surface area contributed by atoms with Gasteiger partial charge in [0.15, 0.2) is 0 Å². The van der Waals surface area contributed by atoms with Crippen molar-refractivity contribution in [3.8, 4) is 0 Å². The predicted octanol–water partition coefficient (Wildman–Crippen LogP) is 3.41. The van der Waals surface area contributed by atoms with E-state index in [2.05, 4.69) is 17.0 Å². The third-order valence-corrected chi connectivity index (χ3v) is 6.81.